The molecule has 2 rings (SSSR count). The first kappa shape index (κ1) is 18.7. The third-order valence-corrected chi connectivity index (χ3v) is 5.84. The maximum atomic E-state index is 13.7. The number of halogens is 5. The van der Waals surface area contributed by atoms with Crippen molar-refractivity contribution in [1.82, 2.24) is 0 Å². The molecular formula is C18H27F5. The van der Waals surface area contributed by atoms with E-state index in [9.17, 15) is 22.0 Å². The molecule has 0 unspecified atom stereocenters. The van der Waals surface area contributed by atoms with Crippen LogP contribution in [0.4, 0.5) is 22.0 Å². The minimum absolute atomic E-state index is 0.342. The fourth-order valence-electron chi connectivity index (χ4n) is 4.52. The van der Waals surface area contributed by atoms with E-state index in [-0.39, 0.29) is 0 Å². The van der Waals surface area contributed by atoms with Gasteiger partial charge < -0.3 is 0 Å². The van der Waals surface area contributed by atoms with Crippen molar-refractivity contribution < 1.29 is 22.0 Å². The summed E-state index contributed by atoms with van der Waals surface area (Å²) >= 11 is 0. The normalized spacial score (nSPS) is 34.2. The third-order valence-electron chi connectivity index (χ3n) is 5.84. The Morgan fingerprint density at radius 2 is 1.30 bits per heavy atom. The molecule has 0 saturated heterocycles. The Morgan fingerprint density at radius 1 is 0.826 bits per heavy atom. The molecule has 2 aliphatic rings. The van der Waals surface area contributed by atoms with Crippen LogP contribution in [0, 0.1) is 23.7 Å². The van der Waals surface area contributed by atoms with E-state index in [0.29, 0.717) is 24.7 Å². The van der Waals surface area contributed by atoms with Crippen molar-refractivity contribution in [2.45, 2.75) is 77.3 Å². The number of allylic oxidation sites excluding steroid dienone is 2. The average molecular weight is 338 g/mol. The summed E-state index contributed by atoms with van der Waals surface area (Å²) in [7, 11) is 0. The first-order chi connectivity index (χ1) is 10.8. The van der Waals surface area contributed by atoms with Crippen LogP contribution in [-0.4, -0.2) is 6.18 Å². The van der Waals surface area contributed by atoms with Crippen LogP contribution in [-0.2, 0) is 0 Å². The van der Waals surface area contributed by atoms with Gasteiger partial charge in [-0.3, -0.25) is 0 Å². The van der Waals surface area contributed by atoms with Crippen LogP contribution in [0.5, 0.6) is 0 Å². The third kappa shape index (κ3) is 4.93. The maximum absolute atomic E-state index is 13.7. The molecule has 134 valence electrons. The highest BCUT2D eigenvalue weighted by Crippen LogP contribution is 2.45. The lowest BCUT2D eigenvalue weighted by atomic mass is 9.68. The van der Waals surface area contributed by atoms with E-state index >= 15 is 0 Å². The highest BCUT2D eigenvalue weighted by atomic mass is 19.4. The lowest BCUT2D eigenvalue weighted by Crippen LogP contribution is -2.26. The highest BCUT2D eigenvalue weighted by molar-refractivity contribution is 5.10. The molecule has 0 N–H and O–H groups in total. The van der Waals surface area contributed by atoms with Crippen molar-refractivity contribution in [2.24, 2.45) is 23.7 Å². The fourth-order valence-corrected chi connectivity index (χ4v) is 4.52. The molecule has 0 aliphatic heterocycles. The minimum atomic E-state index is -5.20. The van der Waals surface area contributed by atoms with Gasteiger partial charge in [0.05, 0.1) is 0 Å². The van der Waals surface area contributed by atoms with Gasteiger partial charge in [-0.15, -0.1) is 0 Å². The second kappa shape index (κ2) is 7.98. The highest BCUT2D eigenvalue weighted by Gasteiger charge is 2.41. The summed E-state index contributed by atoms with van der Waals surface area (Å²) in [6.45, 7) is 2.20. The number of hydrogen-bond acceptors (Lipinski definition) is 0. The summed E-state index contributed by atoms with van der Waals surface area (Å²) in [6.07, 6.45) is 4.32. The summed E-state index contributed by atoms with van der Waals surface area (Å²) in [4.78, 5) is 0. The summed E-state index contributed by atoms with van der Waals surface area (Å²) in [5, 5.41) is 0. The van der Waals surface area contributed by atoms with Gasteiger partial charge >= 0.3 is 6.18 Å². The van der Waals surface area contributed by atoms with Crippen LogP contribution in [0.3, 0.4) is 0 Å². The maximum Gasteiger partial charge on any atom is 0.445 e. The van der Waals surface area contributed by atoms with Crippen LogP contribution in [0.25, 0.3) is 0 Å². The zero-order valence-corrected chi connectivity index (χ0v) is 13.8. The molecule has 0 heterocycles. The smallest absolute Gasteiger partial charge is 0.208 e. The SMILES string of the molecule is CCCC1CCC(C2CCC(/C(F)=C(\F)C(F)(F)F)CC2)CC1. The van der Waals surface area contributed by atoms with E-state index < -0.39 is 23.7 Å². The van der Waals surface area contributed by atoms with Gasteiger partial charge in [-0.05, 0) is 56.3 Å². The fraction of sp³-hybridized carbons (Fsp3) is 0.889. The molecule has 0 radical (unpaired) electrons. The van der Waals surface area contributed by atoms with Crippen LogP contribution >= 0.6 is 0 Å². The molecule has 5 heteroatoms. The van der Waals surface area contributed by atoms with Crippen LogP contribution in [0.1, 0.15) is 71.1 Å². The lowest BCUT2D eigenvalue weighted by Gasteiger charge is -2.37. The Morgan fingerprint density at radius 3 is 1.74 bits per heavy atom. The first-order valence-electron chi connectivity index (χ1n) is 8.95. The molecule has 0 nitrogen and oxygen atoms in total. The first-order valence-corrected chi connectivity index (χ1v) is 8.95. The minimum Gasteiger partial charge on any atom is -0.208 e. The Hall–Kier alpha value is -0.610. The molecule has 0 amide bonds. The molecule has 2 fully saturated rings. The van der Waals surface area contributed by atoms with Gasteiger partial charge in [0, 0.05) is 5.92 Å². The van der Waals surface area contributed by atoms with Gasteiger partial charge in [0.25, 0.3) is 0 Å². The molecule has 0 atom stereocenters. The molecule has 2 saturated carbocycles. The predicted molar refractivity (Wildman–Crippen MR) is 81.1 cm³/mol. The van der Waals surface area contributed by atoms with Gasteiger partial charge in [-0.25, -0.2) is 4.39 Å². The van der Waals surface area contributed by atoms with Gasteiger partial charge in [0.1, 0.15) is 5.83 Å². The average Bonchev–Trinajstić information content (AvgIpc) is 2.54. The van der Waals surface area contributed by atoms with Crippen LogP contribution in [0.15, 0.2) is 11.7 Å². The Bertz CT molecular complexity index is 396. The molecular weight excluding hydrogens is 311 g/mol. The van der Waals surface area contributed by atoms with Gasteiger partial charge in [0.2, 0.25) is 5.83 Å². The molecule has 23 heavy (non-hydrogen) atoms. The molecule has 2 aliphatic carbocycles. The summed E-state index contributed by atoms with van der Waals surface area (Å²) in [6, 6.07) is 0. The predicted octanol–water partition coefficient (Wildman–Crippen LogP) is 7.11. The van der Waals surface area contributed by atoms with E-state index in [1.165, 1.54) is 38.5 Å². The standard InChI is InChI=1S/C18H27F5/c1-2-3-12-4-6-13(7-5-12)14-8-10-15(11-9-14)16(19)17(20)18(21,22)23/h12-15H,2-11H2,1H3/b17-16+. The van der Waals surface area contributed by atoms with E-state index in [0.717, 1.165) is 18.8 Å². The Labute approximate surface area is 135 Å². The molecule has 0 bridgehead atoms. The molecule has 0 aromatic heterocycles. The van der Waals surface area contributed by atoms with Crippen LogP contribution < -0.4 is 0 Å². The van der Waals surface area contributed by atoms with Gasteiger partial charge in [-0.1, -0.05) is 32.6 Å². The quantitative estimate of drug-likeness (QED) is 0.479. The van der Waals surface area contributed by atoms with Crippen molar-refractivity contribution in [2.75, 3.05) is 0 Å². The Balaban J connectivity index is 1.83. The number of rotatable bonds is 4. The summed E-state index contributed by atoms with van der Waals surface area (Å²) < 4.78 is 63.4. The monoisotopic (exact) mass is 338 g/mol. The van der Waals surface area contributed by atoms with E-state index in [4.69, 9.17) is 0 Å². The topological polar surface area (TPSA) is 0 Å². The summed E-state index contributed by atoms with van der Waals surface area (Å²) in [5.41, 5.74) is 0. The van der Waals surface area contributed by atoms with Crippen molar-refractivity contribution in [1.29, 1.82) is 0 Å². The zero-order chi connectivity index (χ0) is 17.0. The largest absolute Gasteiger partial charge is 0.445 e. The van der Waals surface area contributed by atoms with Crippen LogP contribution in [0.2, 0.25) is 0 Å². The molecule has 0 spiro atoms. The number of hydrogen-bond donors (Lipinski definition) is 0. The van der Waals surface area contributed by atoms with Gasteiger partial charge in [0.15, 0.2) is 0 Å². The zero-order valence-electron chi connectivity index (χ0n) is 13.8. The van der Waals surface area contributed by atoms with E-state index in [1.54, 1.807) is 0 Å². The number of alkyl halides is 3. The van der Waals surface area contributed by atoms with Gasteiger partial charge in [-0.2, -0.15) is 17.6 Å². The van der Waals surface area contributed by atoms with Crippen molar-refractivity contribution in [3.63, 3.8) is 0 Å². The van der Waals surface area contributed by atoms with Crippen molar-refractivity contribution in [3.8, 4) is 0 Å². The lowest BCUT2D eigenvalue weighted by molar-refractivity contribution is -0.112. The second-order valence-corrected chi connectivity index (χ2v) is 7.34. The Kier molecular flexibility index (Phi) is 6.49. The van der Waals surface area contributed by atoms with Crippen molar-refractivity contribution >= 4 is 0 Å². The molecule has 0 aromatic rings. The molecule has 0 aromatic carbocycles. The summed E-state index contributed by atoms with van der Waals surface area (Å²) in [5.74, 6) is -3.05. The second-order valence-electron chi connectivity index (χ2n) is 7.34. The van der Waals surface area contributed by atoms with E-state index in [2.05, 4.69) is 6.92 Å². The van der Waals surface area contributed by atoms with E-state index in [1.807, 2.05) is 0 Å². The van der Waals surface area contributed by atoms with Crippen molar-refractivity contribution in [3.05, 3.63) is 11.7 Å².